The van der Waals surface area contributed by atoms with Crippen LogP contribution >= 0.6 is 22.7 Å². The average molecular weight is 1920 g/mol. The van der Waals surface area contributed by atoms with E-state index in [0.717, 1.165) is 154 Å². The topological polar surface area (TPSA) is 288 Å². The third-order valence-electron chi connectivity index (χ3n) is 22.7. The first kappa shape index (κ1) is 116. The summed E-state index contributed by atoms with van der Waals surface area (Å²) in [6.07, 6.45) is 20.9. The Labute approximate surface area is 847 Å². The molecule has 0 bridgehead atoms. The summed E-state index contributed by atoms with van der Waals surface area (Å²) < 4.78 is 105. The van der Waals surface area contributed by atoms with Crippen LogP contribution in [0.5, 0.6) is 40.2 Å². The van der Waals surface area contributed by atoms with E-state index in [-0.39, 0.29) is 106 Å². The summed E-state index contributed by atoms with van der Waals surface area (Å²) >= 11 is 6.82. The molecule has 0 saturated heterocycles. The SMILES string of the molecule is CCCOCCOCC.CCOCCOCCOCC1(c2ccc(O)cc2)CC1.CCOCCOCCOCC1(c2ccc(OC)cc2)CC1.CCOCCOCCOCC1(c2ccc(Oc3cncc4sc(C(=O)NC)cc34)cc2)CC1.CCOCCOCCOCC1(c2ccc(Oc3cncc4sc(C(=O)OC)cc34)cc2)CC1.COc1ccc(C2(CO)CC2)cc1.C[S-].[H-].[Na+].[Na+]. The van der Waals surface area contributed by atoms with Crippen LogP contribution in [0.2, 0.25) is 0 Å². The minimum Gasteiger partial charge on any atom is -1.00 e. The molecule has 26 nitrogen and oxygen atoms in total. The van der Waals surface area contributed by atoms with Gasteiger partial charge < -0.3 is 120 Å². The van der Waals surface area contributed by atoms with Crippen molar-refractivity contribution < 1.29 is 170 Å². The maximum Gasteiger partial charge on any atom is 1.00 e. The van der Waals surface area contributed by atoms with E-state index in [9.17, 15) is 19.8 Å². The van der Waals surface area contributed by atoms with Gasteiger partial charge >= 0.3 is 65.1 Å². The smallest absolute Gasteiger partial charge is 1.00 e. The van der Waals surface area contributed by atoms with Crippen LogP contribution in [0.3, 0.4) is 0 Å². The van der Waals surface area contributed by atoms with Crippen LogP contribution in [0.15, 0.2) is 158 Å². The van der Waals surface area contributed by atoms with Gasteiger partial charge in [-0.3, -0.25) is 14.8 Å². The van der Waals surface area contributed by atoms with Crippen LogP contribution in [0, 0.1) is 0 Å². The van der Waals surface area contributed by atoms with Gasteiger partial charge in [-0.15, -0.1) is 22.7 Å². The molecule has 133 heavy (non-hydrogen) atoms. The van der Waals surface area contributed by atoms with Gasteiger partial charge in [0.05, 0.1) is 200 Å². The number of pyridine rings is 2. The van der Waals surface area contributed by atoms with E-state index in [1.807, 2.05) is 113 Å². The van der Waals surface area contributed by atoms with E-state index >= 15 is 0 Å². The monoisotopic (exact) mass is 1920 g/mol. The van der Waals surface area contributed by atoms with Crippen molar-refractivity contribution in [3.05, 3.63) is 196 Å². The van der Waals surface area contributed by atoms with Crippen molar-refractivity contribution in [2.75, 3.05) is 226 Å². The molecule has 0 aliphatic heterocycles. The van der Waals surface area contributed by atoms with Gasteiger partial charge in [-0.2, -0.15) is 6.26 Å². The molecule has 5 aliphatic carbocycles. The molecule has 5 aromatic carbocycles. The minimum atomic E-state index is -0.361. The summed E-state index contributed by atoms with van der Waals surface area (Å²) in [4.78, 5) is 33.5. The van der Waals surface area contributed by atoms with Crippen LogP contribution in [0.1, 0.15) is 161 Å². The average Bonchev–Trinajstić information content (AvgIpc) is 1.62. The summed E-state index contributed by atoms with van der Waals surface area (Å²) in [5.41, 5.74) is 7.01. The second-order valence-electron chi connectivity index (χ2n) is 32.0. The number of phenolic OH excluding ortho intramolecular Hbond substituents is 1. The number of nitrogens with one attached hydrogen (secondary N) is 1. The number of ether oxygens (including phenoxy) is 19. The van der Waals surface area contributed by atoms with Crippen LogP contribution in [0.4, 0.5) is 0 Å². The molecule has 5 aliphatic rings. The van der Waals surface area contributed by atoms with E-state index in [4.69, 9.17) is 90.0 Å². The number of fused-ring (bicyclic) bond motifs is 2. The number of carbonyl (C=O) groups excluding carboxylic acids is 2. The first-order valence-electron chi connectivity index (χ1n) is 45.9. The molecule has 5 saturated carbocycles. The molecule has 0 unspecified atom stereocenters. The molecule has 724 valence electrons. The molecule has 0 spiro atoms. The second-order valence-corrected chi connectivity index (χ2v) is 34.1. The number of hydrogen-bond acceptors (Lipinski definition) is 28. The predicted molar refractivity (Wildman–Crippen MR) is 517 cm³/mol. The molecular weight excluding hydrogens is 1780 g/mol. The second kappa shape index (κ2) is 65.0. The molecule has 14 rings (SSSR count). The van der Waals surface area contributed by atoms with E-state index in [2.05, 4.69) is 71.2 Å². The van der Waals surface area contributed by atoms with Gasteiger partial charge in [0, 0.05) is 96.9 Å². The summed E-state index contributed by atoms with van der Waals surface area (Å²) in [5.74, 6) is 4.32. The van der Waals surface area contributed by atoms with Gasteiger partial charge in [0.15, 0.2) is 11.5 Å². The van der Waals surface area contributed by atoms with Crippen molar-refractivity contribution in [3.8, 4) is 40.2 Å². The Morgan fingerprint density at radius 1 is 0.368 bits per heavy atom. The van der Waals surface area contributed by atoms with Crippen LogP contribution in [-0.4, -0.2) is 258 Å². The minimum absolute atomic E-state index is 0. The van der Waals surface area contributed by atoms with Gasteiger partial charge in [0.2, 0.25) is 0 Å². The normalized spacial score (nSPS) is 14.6. The number of nitrogens with zero attached hydrogens (tertiary/aromatic N) is 2. The zero-order valence-electron chi connectivity index (χ0n) is 81.9. The van der Waals surface area contributed by atoms with Crippen LogP contribution in [-0.2, 0) is 111 Å². The molecule has 4 aromatic heterocycles. The van der Waals surface area contributed by atoms with Crippen LogP contribution in [0.25, 0.3) is 20.2 Å². The van der Waals surface area contributed by atoms with Crippen molar-refractivity contribution in [3.63, 3.8) is 0 Å². The van der Waals surface area contributed by atoms with Crippen molar-refractivity contribution >= 4 is 67.4 Å². The summed E-state index contributed by atoms with van der Waals surface area (Å²) in [6.45, 7) is 31.0. The molecule has 1 amide bonds. The molecule has 0 radical (unpaired) electrons. The summed E-state index contributed by atoms with van der Waals surface area (Å²) in [6, 6.07) is 43.8. The van der Waals surface area contributed by atoms with Gasteiger partial charge in [-0.25, -0.2) is 4.79 Å². The zero-order chi connectivity index (χ0) is 93.7. The number of thiophene rings is 2. The molecule has 3 N–H and O–H groups in total. The quantitative estimate of drug-likeness (QED) is 0.0138. The predicted octanol–water partition coefficient (Wildman–Crippen LogP) is 12.3. The maximum absolute atomic E-state index is 12.0. The number of aliphatic hydroxyl groups excluding tert-OH is 1. The molecule has 9 aromatic rings. The number of aliphatic hydroxyl groups is 1. The van der Waals surface area contributed by atoms with Gasteiger partial charge in [-0.05, 0) is 206 Å². The number of amides is 1. The fraction of sp³-hybridized carbons (Fsp3) is 0.549. The van der Waals surface area contributed by atoms with Crippen LogP contribution < -0.4 is 83.4 Å². The Hall–Kier alpha value is -5.99. The number of aromatic hydroxyl groups is 1. The number of carbonyl (C=O) groups is 2. The number of hydrogen-bond donors (Lipinski definition) is 3. The van der Waals surface area contributed by atoms with Crippen molar-refractivity contribution in [2.45, 2.75) is 139 Å². The van der Waals surface area contributed by atoms with Crippen molar-refractivity contribution in [2.24, 2.45) is 0 Å². The molecule has 4 heterocycles. The summed E-state index contributed by atoms with van der Waals surface area (Å²) in [7, 11) is 6.35. The third-order valence-corrected chi connectivity index (χ3v) is 24.8. The van der Waals surface area contributed by atoms with E-state index in [1.165, 1.54) is 70.4 Å². The van der Waals surface area contributed by atoms with Gasteiger partial charge in [0.25, 0.3) is 5.91 Å². The van der Waals surface area contributed by atoms with E-state index in [1.54, 1.807) is 70.5 Å². The third kappa shape index (κ3) is 40.0. The number of phenols is 1. The number of benzene rings is 5. The standard InChI is InChI=1S/C25H30N2O5S.C25H29NO6S.C17H26O4.C16H24O4.C11H14O2.C7H16O2.CH4S.2Na.H/c1-3-29-10-11-30-12-13-31-17-25(8-9-25)18-4-6-19(7-5-18)32-21-15-27-16-23-20(21)14-22(33-23)24(28)26-2;1-3-29-10-11-30-12-13-31-17-25(8-9-25)18-4-6-19(7-5-18)32-21-15-26-16-23-20(21)14-22(33-23)24(27)28-2;1-3-19-10-11-20-12-13-21-14-17(8-9-17)15-4-6-16(18-2)7-5-15;1-2-18-9-10-19-11-12-20-13-16(7-8-16)14-3-5-15(17)6-4-14;1-13-10-4-2-9(3-5-10)11(8-12)6-7-11;1-3-5-9-7-6-8-4-2;1-2;;;/h4-7,14-16H,3,8-13,17H2,1-2H3,(H,26,28);4-7,14-16H,3,8-13,17H2,1-2H3;4-7H,3,8-14H2,1-2H3;3-6,17H,2,7-13H2,1H3;2-5,12H,6-8H2,1H3;3-7H2,1-2H3;2H,1H3;;;/q;;;;;;;2*+1;-1/p-1. The summed E-state index contributed by atoms with van der Waals surface area (Å²) in [5, 5.41) is 22.9. The molecule has 0 atom stereocenters. The van der Waals surface area contributed by atoms with Crippen molar-refractivity contribution in [1.29, 1.82) is 0 Å². The fourth-order valence-electron chi connectivity index (χ4n) is 14.0. The largest absolute Gasteiger partial charge is 1.00 e. The fourth-order valence-corrected chi connectivity index (χ4v) is 16.0. The Morgan fingerprint density at radius 3 is 0.902 bits per heavy atom. The Balaban J connectivity index is 0.000000294. The molecular formula is C102H143N3Na2O23S3. The van der Waals surface area contributed by atoms with E-state index < -0.39 is 0 Å². The number of aromatic nitrogens is 2. The Kier molecular flexibility index (Phi) is 56.6. The maximum atomic E-state index is 12.0. The number of esters is 1. The number of rotatable bonds is 56. The first-order valence-corrected chi connectivity index (χ1v) is 48.4. The van der Waals surface area contributed by atoms with Gasteiger partial charge in [0.1, 0.15) is 33.6 Å². The van der Waals surface area contributed by atoms with E-state index in [0.29, 0.717) is 159 Å². The number of methoxy groups -OCH3 is 3. The van der Waals surface area contributed by atoms with Gasteiger partial charge in [-0.1, -0.05) is 67.6 Å². The molecule has 31 heteroatoms. The van der Waals surface area contributed by atoms with Crippen molar-refractivity contribution in [1.82, 2.24) is 15.3 Å². The first-order chi connectivity index (χ1) is 64.1. The zero-order valence-corrected chi connectivity index (χ0v) is 87.3. The Morgan fingerprint density at radius 2 is 0.632 bits per heavy atom. The molecule has 5 fully saturated rings. The Bertz CT molecular complexity index is 4420.